The summed E-state index contributed by atoms with van der Waals surface area (Å²) in [6.45, 7) is 6.55. The lowest BCUT2D eigenvalue weighted by molar-refractivity contribution is -0.137. The minimum atomic E-state index is -4.33. The van der Waals surface area contributed by atoms with Crippen molar-refractivity contribution in [2.24, 2.45) is 0 Å². The van der Waals surface area contributed by atoms with Gasteiger partial charge in [0.25, 0.3) is 0 Å². The Morgan fingerprint density at radius 3 is 2.12 bits per heavy atom. The van der Waals surface area contributed by atoms with E-state index in [1.54, 1.807) is 0 Å². The van der Waals surface area contributed by atoms with Crippen LogP contribution in [0.4, 0.5) is 13.2 Å². The molecule has 0 saturated heterocycles. The van der Waals surface area contributed by atoms with Crippen molar-refractivity contribution in [1.82, 2.24) is 9.38 Å². The molecule has 3 rings (SSSR count). The number of terminal acetylenes is 1. The van der Waals surface area contributed by atoms with Crippen molar-refractivity contribution >= 4 is 19.0 Å². The second-order valence-corrected chi connectivity index (χ2v) is 11.9. The molecular weight excluding hydrogens is 341 g/mol. The molecule has 0 aliphatic carbocycles. The van der Waals surface area contributed by atoms with Crippen LogP contribution in [0.2, 0.25) is 19.6 Å². The topological polar surface area (TPSA) is 17.3 Å². The van der Waals surface area contributed by atoms with E-state index in [0.717, 1.165) is 28.7 Å². The van der Waals surface area contributed by atoms with Gasteiger partial charge in [0.2, 0.25) is 0 Å². The van der Waals surface area contributed by atoms with Gasteiger partial charge in [-0.1, -0.05) is 31.8 Å². The van der Waals surface area contributed by atoms with Crippen LogP contribution in [0, 0.1) is 12.3 Å². The third-order valence-electron chi connectivity index (χ3n) is 4.01. The predicted molar refractivity (Wildman–Crippen MR) is 96.5 cm³/mol. The molecular formula is C19H17F3N2Si. The largest absolute Gasteiger partial charge is 0.416 e. The average Bonchev–Trinajstić information content (AvgIpc) is 2.92. The molecule has 0 aliphatic rings. The summed E-state index contributed by atoms with van der Waals surface area (Å²) in [5.74, 6) is 2.65. The van der Waals surface area contributed by atoms with Gasteiger partial charge in [-0.15, -0.1) is 6.42 Å². The number of benzene rings is 1. The van der Waals surface area contributed by atoms with E-state index in [-0.39, 0.29) is 0 Å². The van der Waals surface area contributed by atoms with Gasteiger partial charge in [-0.05, 0) is 41.3 Å². The van der Waals surface area contributed by atoms with Crippen LogP contribution in [0.15, 0.2) is 42.6 Å². The Kier molecular flexibility index (Phi) is 4.00. The fraction of sp³-hybridized carbons (Fsp3) is 0.211. The summed E-state index contributed by atoms with van der Waals surface area (Å²) in [6.07, 6.45) is 3.18. The molecule has 0 bridgehead atoms. The van der Waals surface area contributed by atoms with E-state index in [1.807, 2.05) is 22.7 Å². The normalized spacial score (nSPS) is 12.4. The van der Waals surface area contributed by atoms with E-state index >= 15 is 0 Å². The molecule has 0 spiro atoms. The molecule has 128 valence electrons. The quantitative estimate of drug-likeness (QED) is 0.485. The van der Waals surface area contributed by atoms with Gasteiger partial charge in [0.15, 0.2) is 0 Å². The van der Waals surface area contributed by atoms with Crippen LogP contribution in [0.5, 0.6) is 0 Å². The minimum absolute atomic E-state index is 0.642. The summed E-state index contributed by atoms with van der Waals surface area (Å²) in [7, 11) is -1.76. The summed E-state index contributed by atoms with van der Waals surface area (Å²) in [5.41, 5.74) is 2.27. The lowest BCUT2D eigenvalue weighted by atomic mass is 10.1. The highest BCUT2D eigenvalue weighted by molar-refractivity contribution is 6.88. The van der Waals surface area contributed by atoms with Crippen LogP contribution in [-0.2, 0) is 6.18 Å². The van der Waals surface area contributed by atoms with Crippen molar-refractivity contribution in [1.29, 1.82) is 0 Å². The van der Waals surface area contributed by atoms with E-state index < -0.39 is 19.8 Å². The van der Waals surface area contributed by atoms with Crippen LogP contribution >= 0.6 is 0 Å². The molecule has 2 aromatic heterocycles. The number of hydrogen-bond donors (Lipinski definition) is 0. The predicted octanol–water partition coefficient (Wildman–Crippen LogP) is 4.55. The summed E-state index contributed by atoms with van der Waals surface area (Å²) >= 11 is 0. The number of imidazole rings is 1. The highest BCUT2D eigenvalue weighted by Gasteiger charge is 2.30. The summed E-state index contributed by atoms with van der Waals surface area (Å²) in [5, 5.41) is 1.04. The van der Waals surface area contributed by atoms with Crippen LogP contribution in [0.25, 0.3) is 16.8 Å². The van der Waals surface area contributed by atoms with Crippen LogP contribution in [0.1, 0.15) is 11.3 Å². The Morgan fingerprint density at radius 2 is 1.60 bits per heavy atom. The first-order chi connectivity index (χ1) is 11.6. The highest BCUT2D eigenvalue weighted by atomic mass is 28.3. The molecule has 3 aromatic rings. The van der Waals surface area contributed by atoms with Gasteiger partial charge in [0.1, 0.15) is 19.4 Å². The molecule has 25 heavy (non-hydrogen) atoms. The van der Waals surface area contributed by atoms with Gasteiger partial charge in [0, 0.05) is 11.5 Å². The maximum atomic E-state index is 12.7. The SMILES string of the molecule is C#Cc1nc2ccc(-c3ccc(C(F)(F)F)cc3)cn2c1[Si](C)(C)C. The Bertz CT molecular complexity index is 971. The van der Waals surface area contributed by atoms with Gasteiger partial charge in [-0.2, -0.15) is 13.2 Å². The number of halogens is 3. The standard InChI is InChI=1S/C19H17F3N2Si/c1-5-16-18(25(2,3)4)24-12-14(8-11-17(24)23-16)13-6-9-15(10-7-13)19(20,21)22/h1,6-12H,2-4H3. The number of nitrogens with zero attached hydrogens (tertiary/aromatic N) is 2. The monoisotopic (exact) mass is 358 g/mol. The number of aromatic nitrogens is 2. The van der Waals surface area contributed by atoms with Crippen molar-refractivity contribution in [3.63, 3.8) is 0 Å². The Labute approximate surface area is 145 Å². The Balaban J connectivity index is 2.14. The van der Waals surface area contributed by atoms with Gasteiger partial charge in [-0.25, -0.2) is 4.98 Å². The molecule has 0 radical (unpaired) electrons. The van der Waals surface area contributed by atoms with E-state index in [2.05, 4.69) is 30.5 Å². The van der Waals surface area contributed by atoms with Crippen molar-refractivity contribution in [2.45, 2.75) is 25.8 Å². The number of fused-ring (bicyclic) bond motifs is 1. The fourth-order valence-corrected chi connectivity index (χ4v) is 4.62. The van der Waals surface area contributed by atoms with E-state index in [1.165, 1.54) is 12.1 Å². The first-order valence-electron chi connectivity index (χ1n) is 7.78. The zero-order valence-corrected chi connectivity index (χ0v) is 15.1. The molecule has 1 aromatic carbocycles. The maximum absolute atomic E-state index is 12.7. The first-order valence-corrected chi connectivity index (χ1v) is 11.3. The Morgan fingerprint density at radius 1 is 1.00 bits per heavy atom. The maximum Gasteiger partial charge on any atom is 0.416 e. The lowest BCUT2D eigenvalue weighted by Gasteiger charge is -2.17. The Hall–Kier alpha value is -2.52. The van der Waals surface area contributed by atoms with Crippen LogP contribution in [0.3, 0.4) is 0 Å². The van der Waals surface area contributed by atoms with Crippen molar-refractivity contribution in [2.75, 3.05) is 0 Å². The van der Waals surface area contributed by atoms with Gasteiger partial charge < -0.3 is 4.40 Å². The third-order valence-corrected chi connectivity index (χ3v) is 5.91. The average molecular weight is 358 g/mol. The van der Waals surface area contributed by atoms with E-state index in [0.29, 0.717) is 11.3 Å². The zero-order valence-electron chi connectivity index (χ0n) is 14.1. The number of hydrogen-bond acceptors (Lipinski definition) is 1. The highest BCUT2D eigenvalue weighted by Crippen LogP contribution is 2.31. The summed E-state index contributed by atoms with van der Waals surface area (Å²) in [6, 6.07) is 8.85. The molecule has 6 heteroatoms. The molecule has 0 aliphatic heterocycles. The van der Waals surface area contributed by atoms with Gasteiger partial charge >= 0.3 is 6.18 Å². The minimum Gasteiger partial charge on any atom is -0.306 e. The molecule has 0 fully saturated rings. The smallest absolute Gasteiger partial charge is 0.306 e. The molecule has 2 nitrogen and oxygen atoms in total. The number of alkyl halides is 3. The lowest BCUT2D eigenvalue weighted by Crippen LogP contribution is -2.42. The number of rotatable bonds is 2. The molecule has 0 atom stereocenters. The fourth-order valence-electron chi connectivity index (χ4n) is 2.88. The molecule has 2 heterocycles. The number of pyridine rings is 1. The molecule has 0 saturated carbocycles. The van der Waals surface area contributed by atoms with Gasteiger partial charge in [0.05, 0.1) is 5.56 Å². The molecule has 0 unspecified atom stereocenters. The van der Waals surface area contributed by atoms with E-state index in [9.17, 15) is 13.2 Å². The van der Waals surface area contributed by atoms with Gasteiger partial charge in [-0.3, -0.25) is 0 Å². The molecule has 0 amide bonds. The van der Waals surface area contributed by atoms with Crippen molar-refractivity contribution in [3.05, 3.63) is 53.9 Å². The van der Waals surface area contributed by atoms with Crippen molar-refractivity contribution < 1.29 is 13.2 Å². The first kappa shape index (κ1) is 17.3. The van der Waals surface area contributed by atoms with Crippen molar-refractivity contribution in [3.8, 4) is 23.5 Å². The second-order valence-electron chi connectivity index (χ2n) is 6.92. The van der Waals surface area contributed by atoms with E-state index in [4.69, 9.17) is 6.42 Å². The summed E-state index contributed by atoms with van der Waals surface area (Å²) < 4.78 is 40.2. The summed E-state index contributed by atoms with van der Waals surface area (Å²) in [4.78, 5) is 4.49. The molecule has 0 N–H and O–H groups in total. The third kappa shape index (κ3) is 3.20. The second kappa shape index (κ2) is 5.78. The van der Waals surface area contributed by atoms with Crippen LogP contribution < -0.4 is 5.32 Å². The zero-order chi connectivity index (χ0) is 18.4. The van der Waals surface area contributed by atoms with Crippen LogP contribution in [-0.4, -0.2) is 17.5 Å².